The van der Waals surface area contributed by atoms with Gasteiger partial charge in [0.25, 0.3) is 0 Å². The Kier molecular flexibility index (Phi) is 5.00. The van der Waals surface area contributed by atoms with Crippen LogP contribution in [-0.4, -0.2) is 34.1 Å². The minimum absolute atomic E-state index is 0.0329. The average molecular weight is 271 g/mol. The van der Waals surface area contributed by atoms with E-state index in [1.54, 1.807) is 0 Å². The Hall–Kier alpha value is -1.72. The SMILES string of the molecule is O=Cc1cccc(C(O)C(=O)O)c1CC(=O)CCl. The fourth-order valence-corrected chi connectivity index (χ4v) is 1.67. The number of alkyl halides is 1. The second-order valence-corrected chi connectivity index (χ2v) is 3.89. The summed E-state index contributed by atoms with van der Waals surface area (Å²) < 4.78 is 0. The lowest BCUT2D eigenvalue weighted by atomic mass is 9.94. The van der Waals surface area contributed by atoms with Gasteiger partial charge in [-0.2, -0.15) is 0 Å². The summed E-state index contributed by atoms with van der Waals surface area (Å²) in [6.07, 6.45) is -1.45. The first-order chi connectivity index (χ1) is 8.51. The van der Waals surface area contributed by atoms with Crippen molar-refractivity contribution in [3.8, 4) is 0 Å². The third-order valence-corrected chi connectivity index (χ3v) is 2.73. The van der Waals surface area contributed by atoms with Gasteiger partial charge in [-0.05, 0) is 11.1 Å². The van der Waals surface area contributed by atoms with Gasteiger partial charge in [0.1, 0.15) is 6.29 Å². The van der Waals surface area contributed by atoms with Crippen LogP contribution in [0.25, 0.3) is 0 Å². The summed E-state index contributed by atoms with van der Waals surface area (Å²) in [4.78, 5) is 32.9. The van der Waals surface area contributed by atoms with Crippen LogP contribution in [0.15, 0.2) is 18.2 Å². The summed E-state index contributed by atoms with van der Waals surface area (Å²) in [6.45, 7) is 0. The summed E-state index contributed by atoms with van der Waals surface area (Å²) in [5, 5.41) is 18.3. The lowest BCUT2D eigenvalue weighted by Gasteiger charge is -2.13. The van der Waals surface area contributed by atoms with Crippen LogP contribution in [0.2, 0.25) is 0 Å². The van der Waals surface area contributed by atoms with Gasteiger partial charge in [-0.1, -0.05) is 18.2 Å². The zero-order valence-electron chi connectivity index (χ0n) is 9.30. The molecule has 0 heterocycles. The van der Waals surface area contributed by atoms with E-state index in [2.05, 4.69) is 0 Å². The fraction of sp³-hybridized carbons (Fsp3) is 0.250. The van der Waals surface area contributed by atoms with E-state index < -0.39 is 12.1 Å². The fourth-order valence-electron chi connectivity index (χ4n) is 1.57. The number of aldehydes is 1. The van der Waals surface area contributed by atoms with Crippen LogP contribution >= 0.6 is 11.6 Å². The molecule has 1 aromatic carbocycles. The minimum atomic E-state index is -1.77. The van der Waals surface area contributed by atoms with Crippen LogP contribution in [0.3, 0.4) is 0 Å². The van der Waals surface area contributed by atoms with Crippen molar-refractivity contribution in [3.05, 3.63) is 34.9 Å². The van der Waals surface area contributed by atoms with E-state index in [0.717, 1.165) is 0 Å². The molecule has 0 saturated carbocycles. The number of carboxylic acid groups (broad SMARTS) is 1. The Balaban J connectivity index is 3.28. The highest BCUT2D eigenvalue weighted by Gasteiger charge is 2.22. The number of aliphatic carboxylic acids is 1. The Morgan fingerprint density at radius 1 is 1.39 bits per heavy atom. The molecule has 0 aliphatic carbocycles. The molecule has 2 N–H and O–H groups in total. The lowest BCUT2D eigenvalue weighted by Crippen LogP contribution is -2.16. The zero-order chi connectivity index (χ0) is 13.7. The molecule has 1 unspecified atom stereocenters. The molecule has 1 atom stereocenters. The highest BCUT2D eigenvalue weighted by Crippen LogP contribution is 2.22. The standard InChI is InChI=1S/C12H11ClO5/c13-5-8(15)4-10-7(6-14)2-1-3-9(10)11(16)12(17)18/h1-3,6,11,16H,4-5H2,(H,17,18). The Labute approximate surface area is 108 Å². The molecule has 0 aromatic heterocycles. The molecule has 0 amide bonds. The van der Waals surface area contributed by atoms with Crippen molar-refractivity contribution in [2.75, 3.05) is 5.88 Å². The summed E-state index contributed by atoms with van der Waals surface area (Å²) in [7, 11) is 0. The Morgan fingerprint density at radius 2 is 2.06 bits per heavy atom. The monoisotopic (exact) mass is 270 g/mol. The maximum absolute atomic E-state index is 11.3. The molecule has 1 rings (SSSR count). The van der Waals surface area contributed by atoms with Crippen molar-refractivity contribution in [3.63, 3.8) is 0 Å². The summed E-state index contributed by atoms with van der Waals surface area (Å²) >= 11 is 5.38. The maximum atomic E-state index is 11.3. The minimum Gasteiger partial charge on any atom is -0.479 e. The molecule has 1 aromatic rings. The first-order valence-corrected chi connectivity index (χ1v) is 5.60. The van der Waals surface area contributed by atoms with Crippen molar-refractivity contribution in [2.24, 2.45) is 0 Å². The van der Waals surface area contributed by atoms with E-state index in [-0.39, 0.29) is 34.8 Å². The van der Waals surface area contributed by atoms with Crippen LogP contribution in [0.5, 0.6) is 0 Å². The van der Waals surface area contributed by atoms with E-state index in [4.69, 9.17) is 16.7 Å². The first kappa shape index (κ1) is 14.3. The molecule has 0 aliphatic rings. The number of aliphatic hydroxyl groups is 1. The molecule has 0 aliphatic heterocycles. The second kappa shape index (κ2) is 6.28. The van der Waals surface area contributed by atoms with E-state index in [1.807, 2.05) is 0 Å². The number of aliphatic hydroxyl groups excluding tert-OH is 1. The van der Waals surface area contributed by atoms with Gasteiger partial charge < -0.3 is 10.2 Å². The molecule has 0 radical (unpaired) electrons. The number of carboxylic acids is 1. The van der Waals surface area contributed by atoms with Gasteiger partial charge in [-0.15, -0.1) is 11.6 Å². The van der Waals surface area contributed by atoms with Gasteiger partial charge in [0, 0.05) is 12.0 Å². The Bertz CT molecular complexity index is 483. The largest absolute Gasteiger partial charge is 0.479 e. The first-order valence-electron chi connectivity index (χ1n) is 5.06. The van der Waals surface area contributed by atoms with Crippen molar-refractivity contribution in [1.82, 2.24) is 0 Å². The molecule has 0 bridgehead atoms. The third-order valence-electron chi connectivity index (χ3n) is 2.43. The predicted octanol–water partition coefficient (Wildman–Crippen LogP) is 0.967. The number of carbonyl (C=O) groups is 3. The number of carbonyl (C=O) groups excluding carboxylic acids is 2. The highest BCUT2D eigenvalue weighted by molar-refractivity contribution is 6.27. The van der Waals surface area contributed by atoms with E-state index in [9.17, 15) is 19.5 Å². The van der Waals surface area contributed by atoms with Crippen molar-refractivity contribution < 1.29 is 24.6 Å². The smallest absolute Gasteiger partial charge is 0.337 e. The van der Waals surface area contributed by atoms with Crippen LogP contribution < -0.4 is 0 Å². The van der Waals surface area contributed by atoms with E-state index in [0.29, 0.717) is 6.29 Å². The maximum Gasteiger partial charge on any atom is 0.337 e. The van der Waals surface area contributed by atoms with Crippen LogP contribution in [0.4, 0.5) is 0 Å². The summed E-state index contributed by atoms with van der Waals surface area (Å²) in [5.74, 6) is -2.04. The lowest BCUT2D eigenvalue weighted by molar-refractivity contribution is -0.147. The molecule has 6 heteroatoms. The number of Topliss-reactive ketones (excluding diaryl/α,β-unsaturated/α-hetero) is 1. The molecule has 5 nitrogen and oxygen atoms in total. The quantitative estimate of drug-likeness (QED) is 0.593. The summed E-state index contributed by atoms with van der Waals surface area (Å²) in [5.41, 5.74) is 0.407. The van der Waals surface area contributed by atoms with Gasteiger partial charge in [-0.25, -0.2) is 4.79 Å². The normalized spacial score (nSPS) is 11.9. The summed E-state index contributed by atoms with van der Waals surface area (Å²) in [6, 6.07) is 4.25. The zero-order valence-corrected chi connectivity index (χ0v) is 10.1. The number of benzene rings is 1. The average Bonchev–Trinajstić information content (AvgIpc) is 2.37. The molecular weight excluding hydrogens is 260 g/mol. The van der Waals surface area contributed by atoms with Crippen molar-refractivity contribution in [2.45, 2.75) is 12.5 Å². The van der Waals surface area contributed by atoms with Gasteiger partial charge >= 0.3 is 5.97 Å². The number of halogens is 1. The molecular formula is C12H11ClO5. The van der Waals surface area contributed by atoms with Gasteiger partial charge in [0.2, 0.25) is 0 Å². The number of hydrogen-bond acceptors (Lipinski definition) is 4. The van der Waals surface area contributed by atoms with Crippen molar-refractivity contribution >= 4 is 29.6 Å². The Morgan fingerprint density at radius 3 is 2.56 bits per heavy atom. The molecule has 18 heavy (non-hydrogen) atoms. The molecule has 0 fully saturated rings. The predicted molar refractivity (Wildman–Crippen MR) is 63.9 cm³/mol. The molecule has 96 valence electrons. The van der Waals surface area contributed by atoms with Gasteiger partial charge in [0.05, 0.1) is 5.88 Å². The third kappa shape index (κ3) is 3.15. The van der Waals surface area contributed by atoms with Gasteiger partial charge in [0.15, 0.2) is 11.9 Å². The number of rotatable bonds is 6. The van der Waals surface area contributed by atoms with Crippen LogP contribution in [0, 0.1) is 0 Å². The van der Waals surface area contributed by atoms with Gasteiger partial charge in [-0.3, -0.25) is 9.59 Å². The topological polar surface area (TPSA) is 91.7 Å². The van der Waals surface area contributed by atoms with E-state index >= 15 is 0 Å². The number of hydrogen-bond donors (Lipinski definition) is 2. The molecule has 0 spiro atoms. The van der Waals surface area contributed by atoms with Crippen LogP contribution in [0.1, 0.15) is 27.6 Å². The van der Waals surface area contributed by atoms with Crippen LogP contribution in [-0.2, 0) is 16.0 Å². The highest BCUT2D eigenvalue weighted by atomic mass is 35.5. The van der Waals surface area contributed by atoms with Crippen molar-refractivity contribution in [1.29, 1.82) is 0 Å². The number of ketones is 1. The molecule has 0 saturated heterocycles. The van der Waals surface area contributed by atoms with E-state index in [1.165, 1.54) is 18.2 Å². The second-order valence-electron chi connectivity index (χ2n) is 3.62.